The van der Waals surface area contributed by atoms with E-state index in [9.17, 15) is 28.6 Å². The molecule has 28 heavy (non-hydrogen) atoms. The zero-order valence-corrected chi connectivity index (χ0v) is 18.0. The van der Waals surface area contributed by atoms with Gasteiger partial charge in [-0.05, 0) is 33.8 Å². The summed E-state index contributed by atoms with van der Waals surface area (Å²) >= 11 is 8.60. The molecule has 1 unspecified atom stereocenters. The van der Waals surface area contributed by atoms with Gasteiger partial charge in [0.25, 0.3) is 5.91 Å². The van der Waals surface area contributed by atoms with Crippen LogP contribution < -0.4 is 0 Å². The summed E-state index contributed by atoms with van der Waals surface area (Å²) in [5.41, 5.74) is -1.11. The molecule has 1 aliphatic rings. The van der Waals surface area contributed by atoms with Gasteiger partial charge in [-0.25, -0.2) is 13.6 Å². The second-order valence-corrected chi connectivity index (χ2v) is 8.88. The standard InChI is InChI=1S/C18H22BrClF2N2O4/c1-18(2,3)15-11(4-7-25)23(5-6-24(15)17(27)28)16(26)9-8-10(21)12(19)13(20)14(9)22/h8,11,15,25H,4-7H2,1-3H3,(H,27,28)/t11-,15?/m0/s1. The van der Waals surface area contributed by atoms with Gasteiger partial charge in [0, 0.05) is 19.7 Å². The summed E-state index contributed by atoms with van der Waals surface area (Å²) in [6.45, 7) is 5.16. The molecule has 6 nitrogen and oxygen atoms in total. The number of hydrogen-bond acceptors (Lipinski definition) is 3. The smallest absolute Gasteiger partial charge is 0.407 e. The molecule has 1 aromatic carbocycles. The van der Waals surface area contributed by atoms with Gasteiger partial charge < -0.3 is 20.0 Å². The topological polar surface area (TPSA) is 81.1 Å². The third kappa shape index (κ3) is 4.26. The maximum atomic E-state index is 14.6. The molecule has 0 radical (unpaired) electrons. The van der Waals surface area contributed by atoms with E-state index in [1.54, 1.807) is 0 Å². The van der Waals surface area contributed by atoms with E-state index in [1.807, 2.05) is 20.8 Å². The second-order valence-electron chi connectivity index (χ2n) is 7.71. The Kier molecular flexibility index (Phi) is 6.94. The molecule has 2 amide bonds. The number of amides is 2. The molecule has 0 saturated carbocycles. The van der Waals surface area contributed by atoms with E-state index in [0.29, 0.717) is 0 Å². The van der Waals surface area contributed by atoms with Gasteiger partial charge in [0.2, 0.25) is 0 Å². The zero-order valence-electron chi connectivity index (χ0n) is 15.7. The van der Waals surface area contributed by atoms with Crippen LogP contribution in [-0.2, 0) is 0 Å². The molecule has 0 aliphatic carbocycles. The average Bonchev–Trinajstić information content (AvgIpc) is 2.61. The van der Waals surface area contributed by atoms with E-state index in [-0.39, 0.29) is 30.6 Å². The Morgan fingerprint density at radius 3 is 2.36 bits per heavy atom. The second kappa shape index (κ2) is 8.51. The van der Waals surface area contributed by atoms with Crippen molar-refractivity contribution in [3.63, 3.8) is 0 Å². The Morgan fingerprint density at radius 2 is 1.86 bits per heavy atom. The highest BCUT2D eigenvalue weighted by atomic mass is 79.9. The fraction of sp³-hybridized carbons (Fsp3) is 0.556. The fourth-order valence-electron chi connectivity index (χ4n) is 3.74. The molecule has 1 saturated heterocycles. The quantitative estimate of drug-likeness (QED) is 0.503. The van der Waals surface area contributed by atoms with Gasteiger partial charge >= 0.3 is 6.09 Å². The molecule has 2 rings (SSSR count). The zero-order chi connectivity index (χ0) is 21.4. The lowest BCUT2D eigenvalue weighted by Gasteiger charge is -2.51. The number of aliphatic hydroxyl groups excluding tert-OH is 1. The van der Waals surface area contributed by atoms with E-state index < -0.39 is 51.7 Å². The summed E-state index contributed by atoms with van der Waals surface area (Å²) in [4.78, 5) is 27.3. The SMILES string of the molecule is CC(C)(C)C1[C@H](CCO)N(C(=O)c2cc(F)c(Br)c(Cl)c2F)CCN1C(=O)O. The molecule has 10 heteroatoms. The van der Waals surface area contributed by atoms with E-state index >= 15 is 0 Å². The molecule has 0 bridgehead atoms. The first-order chi connectivity index (χ1) is 12.9. The molecule has 1 aromatic rings. The highest BCUT2D eigenvalue weighted by Gasteiger charge is 2.46. The van der Waals surface area contributed by atoms with Crippen molar-refractivity contribution in [2.75, 3.05) is 19.7 Å². The molecule has 156 valence electrons. The third-order valence-corrected chi connectivity index (χ3v) is 6.19. The number of halogens is 4. The minimum atomic E-state index is -1.14. The number of carbonyl (C=O) groups is 2. The van der Waals surface area contributed by atoms with Gasteiger partial charge in [0.05, 0.1) is 27.1 Å². The van der Waals surface area contributed by atoms with Crippen LogP contribution in [0, 0.1) is 17.0 Å². The van der Waals surface area contributed by atoms with E-state index in [0.717, 1.165) is 6.07 Å². The van der Waals surface area contributed by atoms with Crippen LogP contribution in [0.1, 0.15) is 37.6 Å². The monoisotopic (exact) mass is 482 g/mol. The summed E-state index contributed by atoms with van der Waals surface area (Å²) < 4.78 is 28.3. The first-order valence-corrected chi connectivity index (χ1v) is 9.83. The molecule has 2 N–H and O–H groups in total. The minimum absolute atomic E-state index is 0.0132. The Bertz CT molecular complexity index is 788. The van der Waals surface area contributed by atoms with Gasteiger partial charge in [-0.3, -0.25) is 4.79 Å². The number of hydrogen-bond donors (Lipinski definition) is 2. The number of carboxylic acid groups (broad SMARTS) is 1. The Balaban J connectivity index is 2.52. The van der Waals surface area contributed by atoms with Crippen molar-refractivity contribution >= 4 is 39.5 Å². The molecule has 2 atom stereocenters. The molecule has 1 heterocycles. The number of carbonyl (C=O) groups excluding carboxylic acids is 1. The van der Waals surface area contributed by atoms with Gasteiger partial charge in [0.15, 0.2) is 5.82 Å². The molecular weight excluding hydrogens is 462 g/mol. The largest absolute Gasteiger partial charge is 0.465 e. The highest BCUT2D eigenvalue weighted by Crippen LogP contribution is 2.36. The first-order valence-electron chi connectivity index (χ1n) is 8.66. The summed E-state index contributed by atoms with van der Waals surface area (Å²) in [7, 11) is 0. The molecule has 1 aliphatic heterocycles. The van der Waals surface area contributed by atoms with Crippen molar-refractivity contribution in [2.24, 2.45) is 5.41 Å². The van der Waals surface area contributed by atoms with Crippen LogP contribution >= 0.6 is 27.5 Å². The highest BCUT2D eigenvalue weighted by molar-refractivity contribution is 9.10. The van der Waals surface area contributed by atoms with E-state index in [2.05, 4.69) is 15.9 Å². The van der Waals surface area contributed by atoms with Crippen molar-refractivity contribution in [3.05, 3.63) is 32.8 Å². The molecule has 0 spiro atoms. The van der Waals surface area contributed by atoms with Crippen LogP contribution in [0.4, 0.5) is 13.6 Å². The third-order valence-electron chi connectivity index (χ3n) is 4.83. The lowest BCUT2D eigenvalue weighted by molar-refractivity contribution is -0.0213. The van der Waals surface area contributed by atoms with Crippen molar-refractivity contribution < 1.29 is 28.6 Å². The molecular formula is C18H22BrClF2N2O4. The summed E-state index contributed by atoms with van der Waals surface area (Å²) in [6.07, 6.45) is -1.05. The van der Waals surface area contributed by atoms with Gasteiger partial charge in [-0.15, -0.1) is 0 Å². The predicted molar refractivity (Wildman–Crippen MR) is 104 cm³/mol. The predicted octanol–water partition coefficient (Wildman–Crippen LogP) is 3.98. The van der Waals surface area contributed by atoms with Crippen LogP contribution in [0.5, 0.6) is 0 Å². The van der Waals surface area contributed by atoms with Crippen LogP contribution in [0.15, 0.2) is 10.5 Å². The lowest BCUT2D eigenvalue weighted by Crippen LogP contribution is -2.66. The van der Waals surface area contributed by atoms with Gasteiger partial charge in [-0.2, -0.15) is 0 Å². The molecule has 1 fully saturated rings. The van der Waals surface area contributed by atoms with E-state index in [1.165, 1.54) is 9.80 Å². The van der Waals surface area contributed by atoms with Crippen molar-refractivity contribution in [3.8, 4) is 0 Å². The van der Waals surface area contributed by atoms with Crippen LogP contribution in [0.25, 0.3) is 0 Å². The summed E-state index contributed by atoms with van der Waals surface area (Å²) in [6, 6.07) is -0.597. The van der Waals surface area contributed by atoms with Gasteiger partial charge in [0.1, 0.15) is 5.82 Å². The average molecular weight is 484 g/mol. The van der Waals surface area contributed by atoms with Crippen LogP contribution in [0.3, 0.4) is 0 Å². The van der Waals surface area contributed by atoms with Crippen LogP contribution in [-0.4, -0.2) is 63.8 Å². The maximum Gasteiger partial charge on any atom is 0.407 e. The summed E-state index contributed by atoms with van der Waals surface area (Å²) in [5.74, 6) is -2.75. The van der Waals surface area contributed by atoms with Crippen molar-refractivity contribution in [2.45, 2.75) is 39.3 Å². The summed E-state index contributed by atoms with van der Waals surface area (Å²) in [5, 5.41) is 18.5. The normalized spacial score (nSPS) is 20.4. The maximum absolute atomic E-state index is 14.6. The van der Waals surface area contributed by atoms with Crippen molar-refractivity contribution in [1.82, 2.24) is 9.80 Å². The number of aliphatic hydroxyl groups is 1. The first kappa shape index (κ1) is 22.8. The minimum Gasteiger partial charge on any atom is -0.465 e. The number of piperazine rings is 1. The van der Waals surface area contributed by atoms with Crippen molar-refractivity contribution in [1.29, 1.82) is 0 Å². The number of benzene rings is 1. The van der Waals surface area contributed by atoms with E-state index in [4.69, 9.17) is 11.6 Å². The Labute approximate surface area is 175 Å². The lowest BCUT2D eigenvalue weighted by atomic mass is 9.78. The van der Waals surface area contributed by atoms with Crippen LogP contribution in [0.2, 0.25) is 5.02 Å². The Hall–Kier alpha value is -1.45. The number of nitrogens with zero attached hydrogens (tertiary/aromatic N) is 2. The fourth-order valence-corrected chi connectivity index (χ4v) is 4.22. The molecule has 0 aromatic heterocycles. The Morgan fingerprint density at radius 1 is 1.29 bits per heavy atom. The number of rotatable bonds is 3. The van der Waals surface area contributed by atoms with Gasteiger partial charge in [-0.1, -0.05) is 32.4 Å².